The quantitative estimate of drug-likeness (QED) is 0.443. The molecule has 0 fully saturated rings. The summed E-state index contributed by atoms with van der Waals surface area (Å²) in [5.41, 5.74) is 1.37. The minimum Gasteiger partial charge on any atom is -0.392 e. The Morgan fingerprint density at radius 3 is 2.68 bits per heavy atom. The highest BCUT2D eigenvalue weighted by Crippen LogP contribution is 2.25. The molecular weight excluding hydrogens is 248 g/mol. The number of nitro benzene ring substituents is 1. The van der Waals surface area contributed by atoms with Crippen LogP contribution in [-0.2, 0) is 11.3 Å². The molecule has 0 aliphatic rings. The van der Waals surface area contributed by atoms with Gasteiger partial charge < -0.3 is 14.7 Å². The molecule has 0 bridgehead atoms. The van der Waals surface area contributed by atoms with Crippen molar-refractivity contribution in [1.82, 2.24) is 0 Å². The van der Waals surface area contributed by atoms with E-state index in [1.54, 1.807) is 6.07 Å². The van der Waals surface area contributed by atoms with Crippen molar-refractivity contribution in [3.63, 3.8) is 0 Å². The molecule has 1 aromatic carbocycles. The van der Waals surface area contributed by atoms with Crippen LogP contribution >= 0.6 is 0 Å². The molecule has 0 aliphatic heterocycles. The second kappa shape index (κ2) is 7.70. The Morgan fingerprint density at radius 2 is 2.16 bits per heavy atom. The van der Waals surface area contributed by atoms with Crippen LogP contribution in [0, 0.1) is 10.1 Å². The van der Waals surface area contributed by atoms with E-state index in [4.69, 9.17) is 4.74 Å². The fourth-order valence-corrected chi connectivity index (χ4v) is 1.89. The third-order valence-electron chi connectivity index (χ3n) is 2.88. The summed E-state index contributed by atoms with van der Waals surface area (Å²) in [5, 5.41) is 20.1. The monoisotopic (exact) mass is 268 g/mol. The molecule has 0 amide bonds. The Labute approximate surface area is 112 Å². The van der Waals surface area contributed by atoms with Crippen LogP contribution in [0.1, 0.15) is 19.4 Å². The lowest BCUT2D eigenvalue weighted by molar-refractivity contribution is -0.384. The fourth-order valence-electron chi connectivity index (χ4n) is 1.89. The summed E-state index contributed by atoms with van der Waals surface area (Å²) in [5.74, 6) is 0. The Hall–Kier alpha value is -1.66. The van der Waals surface area contributed by atoms with E-state index in [2.05, 4.69) is 0 Å². The number of nitrogens with zero attached hydrogens (tertiary/aromatic N) is 2. The van der Waals surface area contributed by atoms with Crippen molar-refractivity contribution in [1.29, 1.82) is 0 Å². The average molecular weight is 268 g/mol. The second-order valence-corrected chi connectivity index (χ2v) is 4.00. The topological polar surface area (TPSA) is 75.8 Å². The molecule has 0 aliphatic carbocycles. The van der Waals surface area contributed by atoms with Crippen molar-refractivity contribution >= 4 is 11.4 Å². The summed E-state index contributed by atoms with van der Waals surface area (Å²) in [6, 6.07) is 4.55. The van der Waals surface area contributed by atoms with Crippen molar-refractivity contribution < 1.29 is 14.8 Å². The summed E-state index contributed by atoms with van der Waals surface area (Å²) in [6.45, 7) is 6.39. The predicted molar refractivity (Wildman–Crippen MR) is 73.4 cm³/mol. The van der Waals surface area contributed by atoms with Gasteiger partial charge in [0.05, 0.1) is 18.1 Å². The molecule has 106 valence electrons. The van der Waals surface area contributed by atoms with E-state index >= 15 is 0 Å². The summed E-state index contributed by atoms with van der Waals surface area (Å²) >= 11 is 0. The molecule has 0 heterocycles. The van der Waals surface area contributed by atoms with E-state index in [1.165, 1.54) is 12.1 Å². The number of non-ortho nitro benzene ring substituents is 1. The first-order valence-corrected chi connectivity index (χ1v) is 6.34. The summed E-state index contributed by atoms with van der Waals surface area (Å²) in [4.78, 5) is 12.3. The lowest BCUT2D eigenvalue weighted by Crippen LogP contribution is -2.28. The molecule has 0 radical (unpaired) electrons. The minimum absolute atomic E-state index is 0.00587. The first kappa shape index (κ1) is 15.4. The molecule has 6 nitrogen and oxygen atoms in total. The number of likely N-dealkylation sites (N-methyl/N-ethyl adjacent to an activating group) is 1. The highest BCUT2D eigenvalue weighted by atomic mass is 16.6. The molecule has 1 aromatic rings. The lowest BCUT2D eigenvalue weighted by atomic mass is 10.1. The normalized spacial score (nSPS) is 10.5. The first-order valence-electron chi connectivity index (χ1n) is 6.34. The number of benzene rings is 1. The Bertz CT molecular complexity index is 423. The van der Waals surface area contributed by atoms with Crippen molar-refractivity contribution in [3.05, 3.63) is 33.9 Å². The van der Waals surface area contributed by atoms with Crippen LogP contribution in [0.25, 0.3) is 0 Å². The third-order valence-corrected chi connectivity index (χ3v) is 2.88. The molecular formula is C13H20N2O4. The van der Waals surface area contributed by atoms with Crippen LogP contribution in [0.15, 0.2) is 18.2 Å². The van der Waals surface area contributed by atoms with E-state index in [-0.39, 0.29) is 12.3 Å². The largest absolute Gasteiger partial charge is 0.392 e. The number of anilines is 1. The zero-order valence-corrected chi connectivity index (χ0v) is 11.3. The molecule has 1 rings (SSSR count). The van der Waals surface area contributed by atoms with E-state index < -0.39 is 4.92 Å². The van der Waals surface area contributed by atoms with Gasteiger partial charge in [0.2, 0.25) is 0 Å². The molecule has 0 spiro atoms. The van der Waals surface area contributed by atoms with Gasteiger partial charge in [-0.05, 0) is 19.9 Å². The van der Waals surface area contributed by atoms with Gasteiger partial charge in [-0.1, -0.05) is 0 Å². The molecule has 0 saturated carbocycles. The van der Waals surface area contributed by atoms with Crippen LogP contribution in [0.3, 0.4) is 0 Å². The number of nitro groups is 1. The first-order chi connectivity index (χ1) is 9.13. The number of aliphatic hydroxyl groups is 1. The number of ether oxygens (including phenoxy) is 1. The van der Waals surface area contributed by atoms with Gasteiger partial charge in [-0.2, -0.15) is 0 Å². The average Bonchev–Trinajstić information content (AvgIpc) is 2.43. The van der Waals surface area contributed by atoms with Crippen LogP contribution in [0.2, 0.25) is 0 Å². The SMILES string of the molecule is CCOCCN(CC)c1ccc([N+](=O)[O-])cc1CO. The van der Waals surface area contributed by atoms with Gasteiger partial charge in [-0.3, -0.25) is 10.1 Å². The number of hydrogen-bond donors (Lipinski definition) is 1. The van der Waals surface area contributed by atoms with E-state index in [0.717, 1.165) is 12.2 Å². The van der Waals surface area contributed by atoms with Crippen molar-refractivity contribution in [2.75, 3.05) is 31.2 Å². The lowest BCUT2D eigenvalue weighted by Gasteiger charge is -2.25. The number of rotatable bonds is 8. The maximum Gasteiger partial charge on any atom is 0.269 e. The highest BCUT2D eigenvalue weighted by Gasteiger charge is 2.14. The van der Waals surface area contributed by atoms with Gasteiger partial charge in [0.1, 0.15) is 0 Å². The number of aliphatic hydroxyl groups excluding tert-OH is 1. The van der Waals surface area contributed by atoms with Gasteiger partial charge in [-0.25, -0.2) is 0 Å². The van der Waals surface area contributed by atoms with Crippen molar-refractivity contribution in [2.45, 2.75) is 20.5 Å². The minimum atomic E-state index is -0.459. The number of hydrogen-bond acceptors (Lipinski definition) is 5. The zero-order chi connectivity index (χ0) is 14.3. The predicted octanol–water partition coefficient (Wildman–Crippen LogP) is 1.95. The summed E-state index contributed by atoms with van der Waals surface area (Å²) in [6.07, 6.45) is 0. The Kier molecular flexibility index (Phi) is 6.24. The standard InChI is InChI=1S/C13H20N2O4/c1-3-14(7-8-19-4-2)13-6-5-12(15(17)18)9-11(13)10-16/h5-6,9,16H,3-4,7-8,10H2,1-2H3. The van der Waals surface area contributed by atoms with Crippen LogP contribution in [0.4, 0.5) is 11.4 Å². The fraction of sp³-hybridized carbons (Fsp3) is 0.538. The van der Waals surface area contributed by atoms with Gasteiger partial charge in [-0.15, -0.1) is 0 Å². The molecule has 0 saturated heterocycles. The van der Waals surface area contributed by atoms with Gasteiger partial charge in [0.25, 0.3) is 5.69 Å². The molecule has 19 heavy (non-hydrogen) atoms. The highest BCUT2D eigenvalue weighted by molar-refractivity contribution is 5.57. The smallest absolute Gasteiger partial charge is 0.269 e. The molecule has 1 N–H and O–H groups in total. The van der Waals surface area contributed by atoms with E-state index in [1.807, 2.05) is 18.7 Å². The maximum absolute atomic E-state index is 10.7. The van der Waals surface area contributed by atoms with Crippen molar-refractivity contribution in [3.8, 4) is 0 Å². The van der Waals surface area contributed by atoms with Crippen molar-refractivity contribution in [2.24, 2.45) is 0 Å². The third kappa shape index (κ3) is 4.18. The van der Waals surface area contributed by atoms with Gasteiger partial charge in [0, 0.05) is 43.1 Å². The Morgan fingerprint density at radius 1 is 1.42 bits per heavy atom. The van der Waals surface area contributed by atoms with E-state index in [0.29, 0.717) is 25.3 Å². The summed E-state index contributed by atoms with van der Waals surface area (Å²) in [7, 11) is 0. The van der Waals surface area contributed by atoms with Crippen LogP contribution in [0.5, 0.6) is 0 Å². The summed E-state index contributed by atoms with van der Waals surface area (Å²) < 4.78 is 5.31. The van der Waals surface area contributed by atoms with Crippen LogP contribution in [-0.4, -0.2) is 36.3 Å². The second-order valence-electron chi connectivity index (χ2n) is 4.00. The molecule has 6 heteroatoms. The molecule has 0 aromatic heterocycles. The van der Waals surface area contributed by atoms with Gasteiger partial charge in [0.15, 0.2) is 0 Å². The Balaban J connectivity index is 2.93. The molecule has 0 unspecified atom stereocenters. The van der Waals surface area contributed by atoms with Gasteiger partial charge >= 0.3 is 0 Å². The van der Waals surface area contributed by atoms with Crippen LogP contribution < -0.4 is 4.90 Å². The van der Waals surface area contributed by atoms with E-state index in [9.17, 15) is 15.2 Å². The maximum atomic E-state index is 10.7. The molecule has 0 atom stereocenters. The zero-order valence-electron chi connectivity index (χ0n) is 11.3.